The second-order valence-electron chi connectivity index (χ2n) is 6.10. The van der Waals surface area contributed by atoms with Gasteiger partial charge in [0, 0.05) is 0 Å². The van der Waals surface area contributed by atoms with Crippen molar-refractivity contribution in [3.05, 3.63) is 52.4 Å². The van der Waals surface area contributed by atoms with Gasteiger partial charge in [0.25, 0.3) is 5.91 Å². The summed E-state index contributed by atoms with van der Waals surface area (Å²) in [5.74, 6) is 1.64. The molecule has 2 aromatic rings. The molecule has 0 radical (unpaired) electrons. The van der Waals surface area contributed by atoms with E-state index in [4.69, 9.17) is 26.4 Å². The highest BCUT2D eigenvalue weighted by Gasteiger charge is 2.33. The second-order valence-corrected chi connectivity index (χ2v) is 7.78. The van der Waals surface area contributed by atoms with Gasteiger partial charge in [-0.3, -0.25) is 9.69 Å². The Morgan fingerprint density at radius 2 is 1.93 bits per heavy atom. The average Bonchev–Trinajstić information content (AvgIpc) is 2.95. The number of methoxy groups -OCH3 is 1. The minimum Gasteiger partial charge on any atom is -0.493 e. The molecule has 2 aliphatic heterocycles. The average molecular weight is 399 g/mol. The fourth-order valence-electron chi connectivity index (χ4n) is 2.91. The monoisotopic (exact) mass is 399 g/mol. The van der Waals surface area contributed by atoms with E-state index in [0.717, 1.165) is 16.8 Å². The molecule has 7 heteroatoms. The third kappa shape index (κ3) is 3.40. The lowest BCUT2D eigenvalue weighted by Crippen LogP contribution is -2.27. The highest BCUT2D eigenvalue weighted by Crippen LogP contribution is 2.42. The fourth-order valence-corrected chi connectivity index (χ4v) is 4.21. The molecule has 0 spiro atoms. The maximum absolute atomic E-state index is 12.9. The Morgan fingerprint density at radius 1 is 1.19 bits per heavy atom. The van der Waals surface area contributed by atoms with Gasteiger partial charge in [-0.05, 0) is 42.8 Å². The largest absolute Gasteiger partial charge is 0.493 e. The number of nitrogens with zero attached hydrogens (tertiary/aromatic N) is 1. The van der Waals surface area contributed by atoms with Crippen LogP contribution in [0.1, 0.15) is 11.1 Å². The van der Waals surface area contributed by atoms with E-state index in [2.05, 4.69) is 0 Å². The minimum absolute atomic E-state index is 0.136. The summed E-state index contributed by atoms with van der Waals surface area (Å²) in [7, 11) is 1.58. The van der Waals surface area contributed by atoms with Crippen LogP contribution >= 0.6 is 24.0 Å². The number of fused-ring (bicyclic) bond motifs is 1. The van der Waals surface area contributed by atoms with Gasteiger partial charge in [0.2, 0.25) is 5.75 Å². The van der Waals surface area contributed by atoms with E-state index in [1.54, 1.807) is 18.1 Å². The van der Waals surface area contributed by atoms with Gasteiger partial charge in [0.15, 0.2) is 15.8 Å². The molecule has 27 heavy (non-hydrogen) atoms. The van der Waals surface area contributed by atoms with Crippen molar-refractivity contribution >= 4 is 46.0 Å². The first-order valence-electron chi connectivity index (χ1n) is 8.39. The SMILES string of the molecule is COc1cc(/C=C2\SC(=S)N(c3ccc(C)cc3)C2=O)cc2c1OCCO2. The Morgan fingerprint density at radius 3 is 2.67 bits per heavy atom. The fraction of sp³-hybridized carbons (Fsp3) is 0.200. The first kappa shape index (κ1) is 17.9. The van der Waals surface area contributed by atoms with Crippen LogP contribution in [0.15, 0.2) is 41.3 Å². The zero-order valence-corrected chi connectivity index (χ0v) is 16.5. The summed E-state index contributed by atoms with van der Waals surface area (Å²) < 4.78 is 17.2. The lowest BCUT2D eigenvalue weighted by molar-refractivity contribution is -0.113. The molecule has 5 nitrogen and oxygen atoms in total. The Hall–Kier alpha value is -2.51. The molecule has 0 atom stereocenters. The van der Waals surface area contributed by atoms with Crippen LogP contribution in [-0.4, -0.2) is 30.6 Å². The van der Waals surface area contributed by atoms with Gasteiger partial charge in [0.05, 0.1) is 17.7 Å². The van der Waals surface area contributed by atoms with E-state index in [-0.39, 0.29) is 5.91 Å². The van der Waals surface area contributed by atoms with E-state index in [1.165, 1.54) is 11.8 Å². The van der Waals surface area contributed by atoms with Crippen LogP contribution in [0.4, 0.5) is 5.69 Å². The van der Waals surface area contributed by atoms with E-state index in [1.807, 2.05) is 43.3 Å². The highest BCUT2D eigenvalue weighted by molar-refractivity contribution is 8.27. The number of carbonyl (C=O) groups is 1. The molecule has 0 aromatic heterocycles. The lowest BCUT2D eigenvalue weighted by atomic mass is 10.1. The third-order valence-corrected chi connectivity index (χ3v) is 5.54. The summed E-state index contributed by atoms with van der Waals surface area (Å²) in [6.45, 7) is 2.97. The number of amides is 1. The van der Waals surface area contributed by atoms with Crippen molar-refractivity contribution in [2.75, 3.05) is 25.2 Å². The Balaban J connectivity index is 1.68. The normalized spacial score (nSPS) is 17.6. The van der Waals surface area contributed by atoms with Gasteiger partial charge in [-0.1, -0.05) is 41.7 Å². The molecule has 2 aliphatic rings. The molecule has 0 bridgehead atoms. The van der Waals surface area contributed by atoms with Gasteiger partial charge >= 0.3 is 0 Å². The van der Waals surface area contributed by atoms with E-state index < -0.39 is 0 Å². The second kappa shape index (κ2) is 7.25. The third-order valence-electron chi connectivity index (χ3n) is 4.23. The molecule has 0 aliphatic carbocycles. The number of hydrogen-bond donors (Lipinski definition) is 0. The molecule has 1 saturated heterocycles. The maximum Gasteiger partial charge on any atom is 0.270 e. The van der Waals surface area contributed by atoms with Gasteiger partial charge in [-0.15, -0.1) is 0 Å². The van der Waals surface area contributed by atoms with Crippen molar-refractivity contribution < 1.29 is 19.0 Å². The topological polar surface area (TPSA) is 48.0 Å². The summed E-state index contributed by atoms with van der Waals surface area (Å²) in [6, 6.07) is 11.4. The molecular weight excluding hydrogens is 382 g/mol. The first-order chi connectivity index (χ1) is 13.1. The molecule has 4 rings (SSSR count). The van der Waals surface area contributed by atoms with E-state index in [9.17, 15) is 4.79 Å². The zero-order valence-electron chi connectivity index (χ0n) is 14.9. The molecule has 2 aromatic carbocycles. The smallest absolute Gasteiger partial charge is 0.270 e. The Kier molecular flexibility index (Phi) is 4.80. The number of carbonyl (C=O) groups excluding carboxylic acids is 1. The molecule has 138 valence electrons. The maximum atomic E-state index is 12.9. The summed E-state index contributed by atoms with van der Waals surface area (Å²) in [5.41, 5.74) is 2.69. The van der Waals surface area contributed by atoms with Gasteiger partial charge < -0.3 is 14.2 Å². The number of benzene rings is 2. The Labute approximate surface area is 166 Å². The van der Waals surface area contributed by atoms with Gasteiger partial charge in [0.1, 0.15) is 13.2 Å². The number of anilines is 1. The number of rotatable bonds is 3. The van der Waals surface area contributed by atoms with Crippen molar-refractivity contribution in [1.29, 1.82) is 0 Å². The number of ether oxygens (including phenoxy) is 3. The number of thioether (sulfide) groups is 1. The molecule has 1 fully saturated rings. The van der Waals surface area contributed by atoms with Crippen LogP contribution in [0.25, 0.3) is 6.08 Å². The first-order valence-corrected chi connectivity index (χ1v) is 9.61. The Bertz CT molecular complexity index is 936. The van der Waals surface area contributed by atoms with Crippen molar-refractivity contribution in [3.63, 3.8) is 0 Å². The van der Waals surface area contributed by atoms with Crippen LogP contribution in [0, 0.1) is 6.92 Å². The highest BCUT2D eigenvalue weighted by atomic mass is 32.2. The summed E-state index contributed by atoms with van der Waals surface area (Å²) in [4.78, 5) is 15.0. The summed E-state index contributed by atoms with van der Waals surface area (Å²) in [6.07, 6.45) is 1.80. The van der Waals surface area contributed by atoms with Crippen LogP contribution in [0.3, 0.4) is 0 Å². The molecule has 0 N–H and O–H groups in total. The number of aryl methyl sites for hydroxylation is 1. The number of hydrogen-bond acceptors (Lipinski definition) is 6. The quantitative estimate of drug-likeness (QED) is 0.570. The van der Waals surface area contributed by atoms with Crippen LogP contribution in [0.5, 0.6) is 17.2 Å². The molecule has 0 saturated carbocycles. The standard InChI is InChI=1S/C20H17NO4S2/c1-12-3-5-14(6-4-12)21-19(22)17(27-20(21)26)11-13-9-15(23-2)18-16(10-13)24-7-8-25-18/h3-6,9-11H,7-8H2,1-2H3/b17-11-. The summed E-state index contributed by atoms with van der Waals surface area (Å²) in [5, 5.41) is 0. The lowest BCUT2D eigenvalue weighted by Gasteiger charge is -2.21. The zero-order chi connectivity index (χ0) is 19.0. The van der Waals surface area contributed by atoms with Crippen molar-refractivity contribution in [2.45, 2.75) is 6.92 Å². The van der Waals surface area contributed by atoms with Crippen LogP contribution < -0.4 is 19.1 Å². The molecule has 2 heterocycles. The predicted molar refractivity (Wildman–Crippen MR) is 111 cm³/mol. The van der Waals surface area contributed by atoms with Crippen LogP contribution in [0.2, 0.25) is 0 Å². The van der Waals surface area contributed by atoms with E-state index >= 15 is 0 Å². The van der Waals surface area contributed by atoms with Crippen molar-refractivity contribution in [1.82, 2.24) is 0 Å². The molecule has 1 amide bonds. The van der Waals surface area contributed by atoms with Gasteiger partial charge in [-0.2, -0.15) is 0 Å². The molecular formula is C20H17NO4S2. The minimum atomic E-state index is -0.136. The van der Waals surface area contributed by atoms with E-state index in [0.29, 0.717) is 39.7 Å². The van der Waals surface area contributed by atoms with Crippen molar-refractivity contribution in [2.24, 2.45) is 0 Å². The summed E-state index contributed by atoms with van der Waals surface area (Å²) >= 11 is 6.71. The number of thiocarbonyl (C=S) groups is 1. The van der Waals surface area contributed by atoms with Crippen molar-refractivity contribution in [3.8, 4) is 17.2 Å². The molecule has 0 unspecified atom stereocenters. The van der Waals surface area contributed by atoms with Crippen LogP contribution in [-0.2, 0) is 4.79 Å². The predicted octanol–water partition coefficient (Wildman–Crippen LogP) is 4.18. The van der Waals surface area contributed by atoms with Gasteiger partial charge in [-0.25, -0.2) is 0 Å².